The molecule has 52 valence electrons. The van der Waals surface area contributed by atoms with Gasteiger partial charge >= 0.3 is 0 Å². The second-order valence-electron chi connectivity index (χ2n) is 2.54. The summed E-state index contributed by atoms with van der Waals surface area (Å²) in [7, 11) is -0.188. The van der Waals surface area contributed by atoms with Gasteiger partial charge in [0, 0.05) is 46.5 Å². The van der Waals surface area contributed by atoms with Crippen LogP contribution in [0, 0.1) is 37.7 Å². The molecule has 2 heteroatoms. The molecular weight excluding hydrogens is 140 g/mol. The molecule has 0 N–H and O–H groups in total. The van der Waals surface area contributed by atoms with Crippen molar-refractivity contribution in [2.75, 3.05) is 0 Å². The van der Waals surface area contributed by atoms with Crippen molar-refractivity contribution >= 4 is 8.80 Å². The molecule has 0 aliphatic heterocycles. The molecule has 0 aromatic carbocycles. The first-order valence-electron chi connectivity index (χ1n) is 3.27. The third kappa shape index (κ3) is 10.5. The summed E-state index contributed by atoms with van der Waals surface area (Å²) in [6.45, 7) is 7.09. The normalized spacial score (nSPS) is 9.00. The van der Waals surface area contributed by atoms with Gasteiger partial charge in [-0.15, -0.1) is 0 Å². The molecular formula is C6H16ArSi. The summed E-state index contributed by atoms with van der Waals surface area (Å²) in [6.07, 6.45) is 2.84. The van der Waals surface area contributed by atoms with Crippen molar-refractivity contribution in [1.82, 2.24) is 0 Å². The summed E-state index contributed by atoms with van der Waals surface area (Å²) in [6, 6.07) is 1.54. The first-order valence-corrected chi connectivity index (χ1v) is 6.40. The van der Waals surface area contributed by atoms with Crippen LogP contribution in [0.5, 0.6) is 0 Å². The predicted molar refractivity (Wildman–Crippen MR) is 38.6 cm³/mol. The number of unbranched alkanes of at least 4 members (excludes halogenated alkanes) is 1. The predicted octanol–water partition coefficient (Wildman–Crippen LogP) is 2.27. The molecule has 0 aliphatic rings. The van der Waals surface area contributed by atoms with Crippen molar-refractivity contribution in [2.45, 2.75) is 38.9 Å². The van der Waals surface area contributed by atoms with Crippen LogP contribution >= 0.6 is 0 Å². The van der Waals surface area contributed by atoms with E-state index >= 15 is 0 Å². The van der Waals surface area contributed by atoms with Gasteiger partial charge < -0.3 is 0 Å². The van der Waals surface area contributed by atoms with Gasteiger partial charge in [0.2, 0.25) is 0 Å². The minimum atomic E-state index is -0.188. The van der Waals surface area contributed by atoms with Crippen LogP contribution in [0.3, 0.4) is 0 Å². The summed E-state index contributed by atoms with van der Waals surface area (Å²) in [5.41, 5.74) is 0. The number of hydrogen-bond acceptors (Lipinski definition) is 0. The monoisotopic (exact) mass is 156 g/mol. The summed E-state index contributed by atoms with van der Waals surface area (Å²) in [5, 5.41) is 0. The molecule has 0 nitrogen and oxygen atoms in total. The van der Waals surface area contributed by atoms with Crippen molar-refractivity contribution in [3.05, 3.63) is 0 Å². The molecule has 0 heterocycles. The average molecular weight is 156 g/mol. The van der Waals surface area contributed by atoms with Crippen LogP contribution in [0.25, 0.3) is 0 Å². The topological polar surface area (TPSA) is 0 Å². The SMILES string of the molecule is CCCC[SiH](C)C.[Ar]. The van der Waals surface area contributed by atoms with Crippen molar-refractivity contribution in [1.29, 1.82) is 0 Å². The van der Waals surface area contributed by atoms with E-state index in [4.69, 9.17) is 0 Å². The van der Waals surface area contributed by atoms with Crippen molar-refractivity contribution < 1.29 is 37.7 Å². The first-order chi connectivity index (χ1) is 3.27. The Balaban J connectivity index is 0. The molecule has 0 aliphatic carbocycles. The zero-order valence-electron chi connectivity index (χ0n) is 6.05. The molecule has 0 aromatic heterocycles. The Hall–Kier alpha value is 1.48. The summed E-state index contributed by atoms with van der Waals surface area (Å²) >= 11 is 0. The first kappa shape index (κ1) is 12.2. The smallest absolute Gasteiger partial charge is 0.0305 e. The molecule has 0 radical (unpaired) electrons. The Bertz CT molecular complexity index is 37.5. The van der Waals surface area contributed by atoms with E-state index in [2.05, 4.69) is 20.0 Å². The molecule has 8 heavy (non-hydrogen) atoms. The van der Waals surface area contributed by atoms with E-state index in [-0.39, 0.29) is 46.5 Å². The Labute approximate surface area is 84.7 Å². The van der Waals surface area contributed by atoms with Crippen LogP contribution in [0.15, 0.2) is 0 Å². The van der Waals surface area contributed by atoms with Crippen LogP contribution in [-0.4, -0.2) is 8.80 Å². The van der Waals surface area contributed by atoms with Crippen LogP contribution in [-0.2, 0) is 0 Å². The van der Waals surface area contributed by atoms with Gasteiger partial charge in [0.05, 0.1) is 0 Å². The van der Waals surface area contributed by atoms with Gasteiger partial charge in [-0.3, -0.25) is 0 Å². The van der Waals surface area contributed by atoms with Crippen LogP contribution in [0.2, 0.25) is 19.1 Å². The molecule has 0 bridgehead atoms. The second-order valence-corrected chi connectivity index (χ2v) is 5.90. The molecule has 0 amide bonds. The molecule has 0 rings (SSSR count). The quantitative estimate of drug-likeness (QED) is 0.550. The fourth-order valence-corrected chi connectivity index (χ4v) is 1.84. The van der Waals surface area contributed by atoms with E-state index in [0.717, 1.165) is 0 Å². The third-order valence-corrected chi connectivity index (χ3v) is 2.70. The van der Waals surface area contributed by atoms with E-state index in [9.17, 15) is 0 Å². The molecule has 0 atom stereocenters. The van der Waals surface area contributed by atoms with Gasteiger partial charge in [0.15, 0.2) is 0 Å². The van der Waals surface area contributed by atoms with Gasteiger partial charge in [-0.2, -0.15) is 0 Å². The van der Waals surface area contributed by atoms with Gasteiger partial charge in [0.25, 0.3) is 0 Å². The minimum absolute atomic E-state index is 0. The van der Waals surface area contributed by atoms with Gasteiger partial charge in [-0.05, 0) is 0 Å². The maximum absolute atomic E-state index is 2.41. The fourth-order valence-electron chi connectivity index (χ4n) is 0.612. The van der Waals surface area contributed by atoms with Crippen LogP contribution in [0.4, 0.5) is 0 Å². The van der Waals surface area contributed by atoms with Gasteiger partial charge in [0.1, 0.15) is 0 Å². The maximum atomic E-state index is 2.41. The fraction of sp³-hybridized carbons (Fsp3) is 1.00. The standard InChI is InChI=1S/C6H16Si.Ar/c1-4-5-6-7(2)3;/h7H,4-6H2,1-3H3;. The minimum Gasteiger partial charge on any atom is -0.0722 e. The van der Waals surface area contributed by atoms with E-state index in [0.29, 0.717) is 0 Å². The molecule has 0 saturated heterocycles. The summed E-state index contributed by atoms with van der Waals surface area (Å²) in [5.74, 6) is 0. The molecule has 0 fully saturated rings. The van der Waals surface area contributed by atoms with Crippen molar-refractivity contribution in [3.63, 3.8) is 0 Å². The Morgan fingerprint density at radius 3 is 1.88 bits per heavy atom. The summed E-state index contributed by atoms with van der Waals surface area (Å²) in [4.78, 5) is 0. The van der Waals surface area contributed by atoms with Crippen molar-refractivity contribution in [2.24, 2.45) is 0 Å². The summed E-state index contributed by atoms with van der Waals surface area (Å²) < 4.78 is 0. The molecule has 0 unspecified atom stereocenters. The van der Waals surface area contributed by atoms with Crippen molar-refractivity contribution in [3.8, 4) is 0 Å². The maximum Gasteiger partial charge on any atom is 0.0305 e. The van der Waals surface area contributed by atoms with E-state index in [1.165, 1.54) is 18.9 Å². The second kappa shape index (κ2) is 8.48. The molecule has 0 aromatic rings. The average Bonchev–Trinajstić information content (AvgIpc) is 1.61. The number of hydrogen-bond donors (Lipinski definition) is 0. The third-order valence-electron chi connectivity index (χ3n) is 1.14. The zero-order valence-corrected chi connectivity index (χ0v) is 7.91. The Morgan fingerprint density at radius 2 is 1.75 bits per heavy atom. The molecule has 0 spiro atoms. The Kier molecular flexibility index (Phi) is 12.9. The largest absolute Gasteiger partial charge is 0.0722 e. The van der Waals surface area contributed by atoms with Gasteiger partial charge in [-0.25, -0.2) is 0 Å². The van der Waals surface area contributed by atoms with Crippen LogP contribution < -0.4 is 0 Å². The van der Waals surface area contributed by atoms with E-state index in [1.807, 2.05) is 0 Å². The van der Waals surface area contributed by atoms with E-state index < -0.39 is 0 Å². The number of rotatable bonds is 3. The Morgan fingerprint density at radius 1 is 1.25 bits per heavy atom. The van der Waals surface area contributed by atoms with Crippen LogP contribution in [0.1, 0.15) is 19.8 Å². The van der Waals surface area contributed by atoms with E-state index in [1.54, 1.807) is 0 Å². The van der Waals surface area contributed by atoms with Gasteiger partial charge in [-0.1, -0.05) is 38.9 Å². The molecule has 0 saturated carbocycles. The zero-order chi connectivity index (χ0) is 5.70.